The second kappa shape index (κ2) is 4.53. The van der Waals surface area contributed by atoms with E-state index in [0.29, 0.717) is 12.0 Å². The predicted molar refractivity (Wildman–Crippen MR) is 62.6 cm³/mol. The van der Waals surface area contributed by atoms with Crippen molar-refractivity contribution in [1.29, 1.82) is 0 Å². The Kier molecular flexibility index (Phi) is 3.10. The van der Waals surface area contributed by atoms with E-state index in [0.717, 1.165) is 10.0 Å². The van der Waals surface area contributed by atoms with Gasteiger partial charge in [0, 0.05) is 16.5 Å². The Labute approximate surface area is 101 Å². The van der Waals surface area contributed by atoms with Crippen molar-refractivity contribution >= 4 is 21.9 Å². The van der Waals surface area contributed by atoms with Crippen LogP contribution >= 0.6 is 15.9 Å². The van der Waals surface area contributed by atoms with E-state index in [9.17, 15) is 4.79 Å². The number of hydrogen-bond donors (Lipinski definition) is 1. The topological polar surface area (TPSA) is 50.4 Å². The van der Waals surface area contributed by atoms with Crippen molar-refractivity contribution in [1.82, 2.24) is 0 Å². The molecule has 0 aliphatic carbocycles. The lowest BCUT2D eigenvalue weighted by molar-refractivity contribution is 0.0661. The summed E-state index contributed by atoms with van der Waals surface area (Å²) in [5.74, 6) is -1.01. The second-order valence-electron chi connectivity index (χ2n) is 3.38. The number of aromatic carboxylic acids is 1. The number of hydrogen-bond acceptors (Lipinski definition) is 2. The van der Waals surface area contributed by atoms with Gasteiger partial charge in [-0.1, -0.05) is 28.1 Å². The van der Waals surface area contributed by atoms with Crippen molar-refractivity contribution < 1.29 is 14.3 Å². The molecule has 16 heavy (non-hydrogen) atoms. The van der Waals surface area contributed by atoms with Crippen LogP contribution < -0.4 is 0 Å². The third-order valence-electron chi connectivity index (χ3n) is 2.25. The molecule has 1 aromatic heterocycles. The van der Waals surface area contributed by atoms with Crippen LogP contribution in [0.2, 0.25) is 0 Å². The number of rotatable bonds is 3. The van der Waals surface area contributed by atoms with Gasteiger partial charge in [-0.05, 0) is 23.8 Å². The lowest BCUT2D eigenvalue weighted by Crippen LogP contribution is -1.99. The number of carboxylic acids is 1. The Morgan fingerprint density at radius 1 is 1.25 bits per heavy atom. The van der Waals surface area contributed by atoms with Gasteiger partial charge in [0.1, 0.15) is 0 Å². The smallest absolute Gasteiger partial charge is 0.372 e. The number of carbonyl (C=O) groups is 1. The highest BCUT2D eigenvalue weighted by Gasteiger charge is 2.13. The van der Waals surface area contributed by atoms with Crippen molar-refractivity contribution in [2.75, 3.05) is 0 Å². The van der Waals surface area contributed by atoms with Gasteiger partial charge in [0.15, 0.2) is 0 Å². The lowest BCUT2D eigenvalue weighted by atomic mass is 10.1. The number of benzene rings is 1. The van der Waals surface area contributed by atoms with Gasteiger partial charge in [0.2, 0.25) is 5.76 Å². The highest BCUT2D eigenvalue weighted by molar-refractivity contribution is 9.10. The molecule has 82 valence electrons. The Bertz CT molecular complexity index is 499. The summed E-state index contributed by atoms with van der Waals surface area (Å²) in [5.41, 5.74) is 1.74. The van der Waals surface area contributed by atoms with E-state index >= 15 is 0 Å². The minimum atomic E-state index is -1.03. The SMILES string of the molecule is O=C(O)c1occc1Cc1ccc(Br)cc1. The van der Waals surface area contributed by atoms with Crippen LogP contribution in [-0.4, -0.2) is 11.1 Å². The van der Waals surface area contributed by atoms with Gasteiger partial charge in [0.25, 0.3) is 0 Å². The molecule has 4 heteroatoms. The summed E-state index contributed by atoms with van der Waals surface area (Å²) in [6.45, 7) is 0. The van der Waals surface area contributed by atoms with Crippen LogP contribution in [0.4, 0.5) is 0 Å². The number of carboxylic acid groups (broad SMARTS) is 1. The summed E-state index contributed by atoms with van der Waals surface area (Å²) < 4.78 is 5.91. The molecular weight excluding hydrogens is 272 g/mol. The molecule has 0 unspecified atom stereocenters. The number of halogens is 1. The molecule has 1 N–H and O–H groups in total. The first-order valence-corrected chi connectivity index (χ1v) is 5.50. The predicted octanol–water partition coefficient (Wildman–Crippen LogP) is 3.33. The molecule has 0 spiro atoms. The van der Waals surface area contributed by atoms with Crippen LogP contribution in [-0.2, 0) is 6.42 Å². The van der Waals surface area contributed by atoms with Crippen LogP contribution in [0.25, 0.3) is 0 Å². The molecular formula is C12H9BrO3. The van der Waals surface area contributed by atoms with Gasteiger partial charge in [-0.3, -0.25) is 0 Å². The molecule has 0 fully saturated rings. The largest absolute Gasteiger partial charge is 0.475 e. The normalized spacial score (nSPS) is 10.3. The van der Waals surface area contributed by atoms with E-state index < -0.39 is 5.97 Å². The van der Waals surface area contributed by atoms with E-state index in [1.807, 2.05) is 24.3 Å². The third-order valence-corrected chi connectivity index (χ3v) is 2.78. The first-order valence-electron chi connectivity index (χ1n) is 4.71. The highest BCUT2D eigenvalue weighted by Crippen LogP contribution is 2.17. The van der Waals surface area contributed by atoms with Gasteiger partial charge in [-0.25, -0.2) is 4.79 Å². The minimum Gasteiger partial charge on any atom is -0.475 e. The molecule has 0 radical (unpaired) electrons. The van der Waals surface area contributed by atoms with Gasteiger partial charge in [0.05, 0.1) is 6.26 Å². The van der Waals surface area contributed by atoms with E-state index in [2.05, 4.69) is 15.9 Å². The van der Waals surface area contributed by atoms with Gasteiger partial charge in [-0.2, -0.15) is 0 Å². The maximum absolute atomic E-state index is 10.8. The molecule has 2 aromatic rings. The van der Waals surface area contributed by atoms with Crippen molar-refractivity contribution in [3.05, 3.63) is 58.0 Å². The monoisotopic (exact) mass is 280 g/mol. The number of furan rings is 1. The fraction of sp³-hybridized carbons (Fsp3) is 0.0833. The van der Waals surface area contributed by atoms with Crippen molar-refractivity contribution in [2.24, 2.45) is 0 Å². The zero-order valence-electron chi connectivity index (χ0n) is 8.31. The summed E-state index contributed by atoms with van der Waals surface area (Å²) in [7, 11) is 0. The van der Waals surface area contributed by atoms with Crippen LogP contribution in [0.3, 0.4) is 0 Å². The zero-order valence-corrected chi connectivity index (χ0v) is 9.90. The molecule has 0 aliphatic heterocycles. The molecule has 0 amide bonds. The van der Waals surface area contributed by atoms with Gasteiger partial charge in [-0.15, -0.1) is 0 Å². The van der Waals surface area contributed by atoms with Crippen molar-refractivity contribution in [3.63, 3.8) is 0 Å². The molecule has 0 atom stereocenters. The quantitative estimate of drug-likeness (QED) is 0.938. The zero-order chi connectivity index (χ0) is 11.5. The molecule has 2 rings (SSSR count). The maximum Gasteiger partial charge on any atom is 0.372 e. The van der Waals surface area contributed by atoms with Gasteiger partial charge >= 0.3 is 5.97 Å². The maximum atomic E-state index is 10.8. The Morgan fingerprint density at radius 2 is 1.94 bits per heavy atom. The lowest BCUT2D eigenvalue weighted by Gasteiger charge is -2.00. The van der Waals surface area contributed by atoms with E-state index in [1.165, 1.54) is 6.26 Å². The molecule has 0 saturated heterocycles. The van der Waals surface area contributed by atoms with Crippen LogP contribution in [0.5, 0.6) is 0 Å². The summed E-state index contributed by atoms with van der Waals surface area (Å²) >= 11 is 3.35. The Balaban J connectivity index is 2.23. The summed E-state index contributed by atoms with van der Waals surface area (Å²) in [6.07, 6.45) is 1.96. The van der Waals surface area contributed by atoms with Crippen LogP contribution in [0, 0.1) is 0 Å². The highest BCUT2D eigenvalue weighted by atomic mass is 79.9. The molecule has 0 aliphatic rings. The minimum absolute atomic E-state index is 0.0166. The Morgan fingerprint density at radius 3 is 2.56 bits per heavy atom. The molecule has 0 saturated carbocycles. The molecule has 0 bridgehead atoms. The van der Waals surface area contributed by atoms with Crippen molar-refractivity contribution in [2.45, 2.75) is 6.42 Å². The average molecular weight is 281 g/mol. The van der Waals surface area contributed by atoms with E-state index in [4.69, 9.17) is 9.52 Å². The fourth-order valence-electron chi connectivity index (χ4n) is 1.48. The standard InChI is InChI=1S/C12H9BrO3/c13-10-3-1-8(2-4-10)7-9-5-6-16-11(9)12(14)15/h1-6H,7H2,(H,14,15). The van der Waals surface area contributed by atoms with Crippen molar-refractivity contribution in [3.8, 4) is 0 Å². The van der Waals surface area contributed by atoms with Gasteiger partial charge < -0.3 is 9.52 Å². The fourth-order valence-corrected chi connectivity index (χ4v) is 1.75. The summed E-state index contributed by atoms with van der Waals surface area (Å²) in [6, 6.07) is 9.43. The first-order chi connectivity index (χ1) is 7.66. The molecule has 3 nitrogen and oxygen atoms in total. The summed E-state index contributed by atoms with van der Waals surface area (Å²) in [4.78, 5) is 10.8. The van der Waals surface area contributed by atoms with Crippen LogP contribution in [0.15, 0.2) is 45.5 Å². The first kappa shape index (κ1) is 11.0. The third kappa shape index (κ3) is 2.33. The molecule has 1 heterocycles. The second-order valence-corrected chi connectivity index (χ2v) is 4.30. The molecule has 1 aromatic carbocycles. The van der Waals surface area contributed by atoms with E-state index in [-0.39, 0.29) is 5.76 Å². The summed E-state index contributed by atoms with van der Waals surface area (Å²) in [5, 5.41) is 8.88. The average Bonchev–Trinajstić information content (AvgIpc) is 2.69. The van der Waals surface area contributed by atoms with Crippen LogP contribution in [0.1, 0.15) is 21.7 Å². The Hall–Kier alpha value is -1.55. The van der Waals surface area contributed by atoms with E-state index in [1.54, 1.807) is 6.07 Å².